The van der Waals surface area contributed by atoms with Gasteiger partial charge in [-0.25, -0.2) is 0 Å². The minimum Gasteiger partial charge on any atom is -0.468 e. The molecule has 0 aliphatic carbocycles. The van der Waals surface area contributed by atoms with E-state index in [0.717, 1.165) is 6.54 Å². The van der Waals surface area contributed by atoms with Gasteiger partial charge in [0.1, 0.15) is 0 Å². The fourth-order valence-electron chi connectivity index (χ4n) is 0.543. The van der Waals surface area contributed by atoms with Crippen LogP contribution in [0.4, 0.5) is 0 Å². The van der Waals surface area contributed by atoms with E-state index < -0.39 is 0 Å². The number of thiocarbonyl (C=S) groups is 1. The summed E-state index contributed by atoms with van der Waals surface area (Å²) in [6.07, 6.45) is 0.169. The molecule has 0 bridgehead atoms. The fourth-order valence-corrected chi connectivity index (χ4v) is 0.819. The van der Waals surface area contributed by atoms with Gasteiger partial charge in [-0.3, -0.25) is 0 Å². The second-order valence-corrected chi connectivity index (χ2v) is 3.60. The molecule has 2 nitrogen and oxygen atoms in total. The van der Waals surface area contributed by atoms with Crippen molar-refractivity contribution >= 4 is 17.4 Å². The summed E-state index contributed by atoms with van der Waals surface area (Å²) in [7, 11) is 0. The highest BCUT2D eigenvalue weighted by atomic mass is 32.1. The predicted molar refractivity (Wildman–Crippen MR) is 51.7 cm³/mol. The van der Waals surface area contributed by atoms with E-state index in [4.69, 9.17) is 17.0 Å². The second-order valence-electron chi connectivity index (χ2n) is 3.23. The van der Waals surface area contributed by atoms with E-state index in [1.54, 1.807) is 0 Å². The smallest absolute Gasteiger partial charge is 0.256 e. The molecule has 0 unspecified atom stereocenters. The Morgan fingerprint density at radius 3 is 2.27 bits per heavy atom. The van der Waals surface area contributed by atoms with Crippen LogP contribution in [0, 0.1) is 5.92 Å². The molecular weight excluding hydrogens is 158 g/mol. The van der Waals surface area contributed by atoms with Crippen LogP contribution >= 0.6 is 12.2 Å². The van der Waals surface area contributed by atoms with E-state index in [1.165, 1.54) is 0 Å². The highest BCUT2D eigenvalue weighted by molar-refractivity contribution is 7.80. The molecule has 0 aliphatic heterocycles. The van der Waals surface area contributed by atoms with Crippen molar-refractivity contribution in [2.75, 3.05) is 6.54 Å². The van der Waals surface area contributed by atoms with E-state index in [2.05, 4.69) is 19.2 Å². The Kier molecular flexibility index (Phi) is 5.20. The van der Waals surface area contributed by atoms with Gasteiger partial charge in [0.15, 0.2) is 0 Å². The molecular formula is C8H17NOS. The zero-order valence-electron chi connectivity index (χ0n) is 7.68. The molecule has 0 atom stereocenters. The van der Waals surface area contributed by atoms with E-state index >= 15 is 0 Å². The van der Waals surface area contributed by atoms with Crippen LogP contribution < -0.4 is 5.32 Å². The summed E-state index contributed by atoms with van der Waals surface area (Å²) in [6.45, 7) is 9.06. The van der Waals surface area contributed by atoms with E-state index in [0.29, 0.717) is 11.1 Å². The van der Waals surface area contributed by atoms with Crippen LogP contribution in [0.2, 0.25) is 0 Å². The van der Waals surface area contributed by atoms with Gasteiger partial charge in [0.05, 0.1) is 6.10 Å². The highest BCUT2D eigenvalue weighted by Gasteiger charge is 2.00. The third-order valence-electron chi connectivity index (χ3n) is 0.997. The van der Waals surface area contributed by atoms with Gasteiger partial charge in [0.2, 0.25) is 0 Å². The maximum atomic E-state index is 5.22. The summed E-state index contributed by atoms with van der Waals surface area (Å²) in [5.41, 5.74) is 0. The van der Waals surface area contributed by atoms with Crippen LogP contribution in [0.3, 0.4) is 0 Å². The van der Waals surface area contributed by atoms with Gasteiger partial charge in [-0.05, 0) is 32.0 Å². The summed E-state index contributed by atoms with van der Waals surface area (Å²) >= 11 is 4.92. The monoisotopic (exact) mass is 175 g/mol. The maximum absolute atomic E-state index is 5.22. The molecule has 0 saturated carbocycles. The normalized spacial score (nSPS) is 10.4. The molecule has 11 heavy (non-hydrogen) atoms. The Bertz CT molecular complexity index is 123. The first kappa shape index (κ1) is 10.7. The molecule has 3 heteroatoms. The van der Waals surface area contributed by atoms with Crippen LogP contribution in [0.1, 0.15) is 27.7 Å². The van der Waals surface area contributed by atoms with Crippen molar-refractivity contribution in [3.8, 4) is 0 Å². The SMILES string of the molecule is CC(C)CNC(=S)OC(C)C. The van der Waals surface area contributed by atoms with Crippen LogP contribution in [0.5, 0.6) is 0 Å². The van der Waals surface area contributed by atoms with Crippen molar-refractivity contribution in [2.24, 2.45) is 5.92 Å². The summed E-state index contributed by atoms with van der Waals surface area (Å²) in [5, 5.41) is 3.53. The van der Waals surface area contributed by atoms with Crippen LogP contribution in [0.25, 0.3) is 0 Å². The largest absolute Gasteiger partial charge is 0.468 e. The molecule has 0 radical (unpaired) electrons. The summed E-state index contributed by atoms with van der Waals surface area (Å²) in [5.74, 6) is 0.601. The van der Waals surface area contributed by atoms with Gasteiger partial charge < -0.3 is 10.1 Å². The first-order chi connectivity index (χ1) is 5.02. The van der Waals surface area contributed by atoms with Crippen molar-refractivity contribution in [1.29, 1.82) is 0 Å². The molecule has 0 fully saturated rings. The second kappa shape index (κ2) is 5.35. The lowest BCUT2D eigenvalue weighted by atomic mass is 10.2. The lowest BCUT2D eigenvalue weighted by molar-refractivity contribution is 0.223. The molecule has 0 aliphatic rings. The van der Waals surface area contributed by atoms with Gasteiger partial charge in [-0.2, -0.15) is 0 Å². The Labute approximate surface area is 74.3 Å². The van der Waals surface area contributed by atoms with Crippen LogP contribution in [-0.4, -0.2) is 17.8 Å². The average molecular weight is 175 g/mol. The van der Waals surface area contributed by atoms with Gasteiger partial charge in [-0.1, -0.05) is 13.8 Å². The molecule has 1 N–H and O–H groups in total. The maximum Gasteiger partial charge on any atom is 0.256 e. The average Bonchev–Trinajstić information content (AvgIpc) is 1.82. The lowest BCUT2D eigenvalue weighted by Crippen LogP contribution is -2.29. The zero-order valence-corrected chi connectivity index (χ0v) is 8.49. The third-order valence-corrected chi connectivity index (χ3v) is 1.24. The Morgan fingerprint density at radius 1 is 1.36 bits per heavy atom. The number of hydrogen-bond acceptors (Lipinski definition) is 2. The van der Waals surface area contributed by atoms with Gasteiger partial charge in [0, 0.05) is 6.54 Å². The summed E-state index contributed by atoms with van der Waals surface area (Å²) in [4.78, 5) is 0. The minimum absolute atomic E-state index is 0.169. The van der Waals surface area contributed by atoms with Crippen LogP contribution in [0.15, 0.2) is 0 Å². The summed E-state index contributed by atoms with van der Waals surface area (Å²) < 4.78 is 5.22. The predicted octanol–water partition coefficient (Wildman–Crippen LogP) is 1.94. The first-order valence-corrected chi connectivity index (χ1v) is 4.37. The van der Waals surface area contributed by atoms with Crippen molar-refractivity contribution in [2.45, 2.75) is 33.8 Å². The minimum atomic E-state index is 0.169. The molecule has 66 valence electrons. The molecule has 0 amide bonds. The fraction of sp³-hybridized carbons (Fsp3) is 0.875. The number of hydrogen-bond donors (Lipinski definition) is 1. The van der Waals surface area contributed by atoms with E-state index in [1.807, 2.05) is 13.8 Å². The number of ether oxygens (including phenoxy) is 1. The molecule has 0 saturated heterocycles. The topological polar surface area (TPSA) is 21.3 Å². The highest BCUT2D eigenvalue weighted by Crippen LogP contribution is 1.91. The van der Waals surface area contributed by atoms with Crippen molar-refractivity contribution in [3.05, 3.63) is 0 Å². The zero-order chi connectivity index (χ0) is 8.85. The quantitative estimate of drug-likeness (QED) is 0.662. The molecule has 0 heterocycles. The van der Waals surface area contributed by atoms with Crippen molar-refractivity contribution < 1.29 is 4.74 Å². The van der Waals surface area contributed by atoms with Crippen LogP contribution in [-0.2, 0) is 4.74 Å². The number of rotatable bonds is 3. The first-order valence-electron chi connectivity index (χ1n) is 3.97. The molecule has 0 aromatic rings. The lowest BCUT2D eigenvalue weighted by Gasteiger charge is -2.13. The van der Waals surface area contributed by atoms with Gasteiger partial charge >= 0.3 is 0 Å². The third kappa shape index (κ3) is 7.59. The number of nitrogens with one attached hydrogen (secondary N) is 1. The van der Waals surface area contributed by atoms with Crippen molar-refractivity contribution in [1.82, 2.24) is 5.32 Å². The molecule has 0 rings (SSSR count). The standard InChI is InChI=1S/C8H17NOS/c1-6(2)5-9-8(11)10-7(3)4/h6-7H,5H2,1-4H3,(H,9,11). The van der Waals surface area contributed by atoms with E-state index in [-0.39, 0.29) is 6.10 Å². The Balaban J connectivity index is 3.38. The molecule has 0 spiro atoms. The van der Waals surface area contributed by atoms with Crippen molar-refractivity contribution in [3.63, 3.8) is 0 Å². The van der Waals surface area contributed by atoms with E-state index in [9.17, 15) is 0 Å². The molecule has 0 aromatic carbocycles. The Morgan fingerprint density at radius 2 is 1.91 bits per heavy atom. The summed E-state index contributed by atoms with van der Waals surface area (Å²) in [6, 6.07) is 0. The molecule has 0 aromatic heterocycles. The van der Waals surface area contributed by atoms with Gasteiger partial charge in [0.25, 0.3) is 5.17 Å². The Hall–Kier alpha value is -0.310. The van der Waals surface area contributed by atoms with Gasteiger partial charge in [-0.15, -0.1) is 0 Å².